The number of amides is 1. The number of aliphatic hydroxyl groups excluding tert-OH is 1. The van der Waals surface area contributed by atoms with E-state index in [0.717, 1.165) is 25.0 Å². The Morgan fingerprint density at radius 1 is 1.67 bits per heavy atom. The number of nitrogens with one attached hydrogen (secondary N) is 1. The first-order valence-corrected chi connectivity index (χ1v) is 6.54. The lowest BCUT2D eigenvalue weighted by atomic mass is 10.0. The average Bonchev–Trinajstić information content (AvgIpc) is 3.11. The number of carbonyl (C=O) groups excluding carboxylic acids is 1. The van der Waals surface area contributed by atoms with Crippen molar-refractivity contribution in [1.82, 2.24) is 10.5 Å². The molecule has 1 fully saturated rings. The van der Waals surface area contributed by atoms with Gasteiger partial charge >= 0.3 is 0 Å². The van der Waals surface area contributed by atoms with Gasteiger partial charge in [-0.3, -0.25) is 4.79 Å². The molecule has 1 aliphatic rings. The zero-order valence-electron chi connectivity index (χ0n) is 10.8. The van der Waals surface area contributed by atoms with Crippen LogP contribution in [0.2, 0.25) is 0 Å². The molecule has 2 atom stereocenters. The van der Waals surface area contributed by atoms with Gasteiger partial charge in [0.1, 0.15) is 11.8 Å². The fraction of sp³-hybridized carbons (Fsp3) is 0.692. The van der Waals surface area contributed by atoms with Gasteiger partial charge in [0.2, 0.25) is 0 Å². The first-order chi connectivity index (χ1) is 8.63. The van der Waals surface area contributed by atoms with Gasteiger partial charge in [0.05, 0.1) is 11.8 Å². The number of aromatic nitrogens is 1. The molecular formula is C13H20N2O3. The maximum atomic E-state index is 12.0. The number of nitrogens with zero attached hydrogens (tertiary/aromatic N) is 1. The molecule has 0 saturated heterocycles. The predicted molar refractivity (Wildman–Crippen MR) is 66.3 cm³/mol. The van der Waals surface area contributed by atoms with Crippen molar-refractivity contribution in [3.63, 3.8) is 0 Å². The molecule has 18 heavy (non-hydrogen) atoms. The second-order valence-electron chi connectivity index (χ2n) is 5.05. The quantitative estimate of drug-likeness (QED) is 0.807. The zero-order chi connectivity index (χ0) is 13.1. The van der Waals surface area contributed by atoms with Crippen molar-refractivity contribution >= 4 is 5.91 Å². The van der Waals surface area contributed by atoms with Crippen LogP contribution in [0.5, 0.6) is 0 Å². The van der Waals surface area contributed by atoms with Gasteiger partial charge in [0.15, 0.2) is 0 Å². The number of aliphatic hydroxyl groups is 1. The number of hydrogen-bond donors (Lipinski definition) is 2. The Labute approximate surface area is 107 Å². The van der Waals surface area contributed by atoms with Crippen molar-refractivity contribution in [2.24, 2.45) is 5.92 Å². The van der Waals surface area contributed by atoms with Gasteiger partial charge in [-0.2, -0.15) is 0 Å². The second kappa shape index (κ2) is 5.52. The topological polar surface area (TPSA) is 75.4 Å². The third-order valence-electron chi connectivity index (χ3n) is 3.58. The smallest absolute Gasteiger partial charge is 0.256 e. The molecule has 5 heteroatoms. The summed E-state index contributed by atoms with van der Waals surface area (Å²) >= 11 is 0. The van der Waals surface area contributed by atoms with E-state index >= 15 is 0 Å². The largest absolute Gasteiger partial charge is 0.391 e. The Balaban J connectivity index is 1.89. The van der Waals surface area contributed by atoms with Gasteiger partial charge in [-0.15, -0.1) is 0 Å². The summed E-state index contributed by atoms with van der Waals surface area (Å²) in [4.78, 5) is 12.0. The molecule has 1 saturated carbocycles. The summed E-state index contributed by atoms with van der Waals surface area (Å²) in [6.07, 6.45) is 3.91. The third-order valence-corrected chi connectivity index (χ3v) is 3.58. The fourth-order valence-corrected chi connectivity index (χ4v) is 1.83. The maximum Gasteiger partial charge on any atom is 0.256 e. The Bertz CT molecular complexity index is 412. The molecule has 5 nitrogen and oxygen atoms in total. The molecule has 0 bridgehead atoms. The van der Waals surface area contributed by atoms with Crippen molar-refractivity contribution in [1.29, 1.82) is 0 Å². The summed E-state index contributed by atoms with van der Waals surface area (Å²) in [6, 6.07) is 0. The molecule has 0 aliphatic heterocycles. The van der Waals surface area contributed by atoms with Crippen molar-refractivity contribution in [2.75, 3.05) is 6.54 Å². The van der Waals surface area contributed by atoms with Crippen molar-refractivity contribution in [2.45, 2.75) is 45.1 Å². The van der Waals surface area contributed by atoms with Crippen LogP contribution in [0.3, 0.4) is 0 Å². The molecule has 1 aliphatic carbocycles. The van der Waals surface area contributed by atoms with E-state index in [1.807, 2.05) is 13.8 Å². The molecule has 0 unspecified atom stereocenters. The average molecular weight is 252 g/mol. The highest BCUT2D eigenvalue weighted by Gasteiger charge is 2.31. The summed E-state index contributed by atoms with van der Waals surface area (Å²) < 4.78 is 4.87. The molecule has 1 heterocycles. The van der Waals surface area contributed by atoms with Crippen LogP contribution in [0.25, 0.3) is 0 Å². The van der Waals surface area contributed by atoms with Crippen LogP contribution in [0.15, 0.2) is 10.8 Å². The van der Waals surface area contributed by atoms with Crippen LogP contribution >= 0.6 is 0 Å². The van der Waals surface area contributed by atoms with E-state index in [-0.39, 0.29) is 18.4 Å². The Hall–Kier alpha value is -1.36. The monoisotopic (exact) mass is 252 g/mol. The Morgan fingerprint density at radius 3 is 3.00 bits per heavy atom. The molecule has 0 spiro atoms. The molecule has 100 valence electrons. The van der Waals surface area contributed by atoms with E-state index in [1.165, 1.54) is 6.26 Å². The van der Waals surface area contributed by atoms with E-state index in [4.69, 9.17) is 4.52 Å². The SMILES string of the molecule is CC[C@@H](C)[C@@H](O)CNC(=O)c1conc1C1CC1. The fourth-order valence-electron chi connectivity index (χ4n) is 1.83. The molecule has 1 aromatic heterocycles. The molecule has 2 rings (SSSR count). The summed E-state index contributed by atoms with van der Waals surface area (Å²) in [5.41, 5.74) is 1.26. The summed E-state index contributed by atoms with van der Waals surface area (Å²) in [6.45, 7) is 4.25. The highest BCUT2D eigenvalue weighted by Crippen LogP contribution is 2.40. The maximum absolute atomic E-state index is 12.0. The standard InChI is InChI=1S/C13H20N2O3/c1-3-8(2)11(16)6-14-13(17)10-7-18-15-12(10)9-4-5-9/h7-9,11,16H,3-6H2,1-2H3,(H,14,17)/t8-,11+/m1/s1. The lowest BCUT2D eigenvalue weighted by molar-refractivity contribution is 0.0849. The van der Waals surface area contributed by atoms with Crippen LogP contribution in [0, 0.1) is 5.92 Å². The van der Waals surface area contributed by atoms with E-state index in [1.54, 1.807) is 0 Å². The van der Waals surface area contributed by atoms with Gasteiger partial charge < -0.3 is 14.9 Å². The first-order valence-electron chi connectivity index (χ1n) is 6.54. The minimum atomic E-state index is -0.511. The molecule has 2 N–H and O–H groups in total. The van der Waals surface area contributed by atoms with Crippen LogP contribution in [0.1, 0.15) is 55.1 Å². The summed E-state index contributed by atoms with van der Waals surface area (Å²) in [7, 11) is 0. The van der Waals surface area contributed by atoms with Crippen molar-refractivity contribution in [3.05, 3.63) is 17.5 Å². The van der Waals surface area contributed by atoms with Gasteiger partial charge in [-0.1, -0.05) is 25.4 Å². The normalized spacial score (nSPS) is 18.4. The summed E-state index contributed by atoms with van der Waals surface area (Å²) in [5, 5.41) is 16.4. The van der Waals surface area contributed by atoms with Crippen LogP contribution in [-0.2, 0) is 0 Å². The van der Waals surface area contributed by atoms with E-state index in [9.17, 15) is 9.90 Å². The Morgan fingerprint density at radius 2 is 2.39 bits per heavy atom. The van der Waals surface area contributed by atoms with Crippen LogP contribution in [0.4, 0.5) is 0 Å². The second-order valence-corrected chi connectivity index (χ2v) is 5.05. The minimum Gasteiger partial charge on any atom is -0.391 e. The molecule has 1 amide bonds. The molecular weight excluding hydrogens is 232 g/mol. The van der Waals surface area contributed by atoms with E-state index in [0.29, 0.717) is 11.5 Å². The lowest BCUT2D eigenvalue weighted by Gasteiger charge is -2.17. The highest BCUT2D eigenvalue weighted by molar-refractivity contribution is 5.95. The molecule has 0 aromatic carbocycles. The minimum absolute atomic E-state index is 0.177. The van der Waals surface area contributed by atoms with Gasteiger partial charge in [-0.25, -0.2) is 0 Å². The van der Waals surface area contributed by atoms with Crippen LogP contribution < -0.4 is 5.32 Å². The third kappa shape index (κ3) is 2.90. The molecule has 0 radical (unpaired) electrons. The van der Waals surface area contributed by atoms with Gasteiger partial charge in [0.25, 0.3) is 5.91 Å². The summed E-state index contributed by atoms with van der Waals surface area (Å²) in [5.74, 6) is 0.347. The molecule has 1 aromatic rings. The van der Waals surface area contributed by atoms with Crippen LogP contribution in [-0.4, -0.2) is 28.8 Å². The highest BCUT2D eigenvalue weighted by atomic mass is 16.5. The zero-order valence-corrected chi connectivity index (χ0v) is 10.8. The van der Waals surface area contributed by atoms with E-state index in [2.05, 4.69) is 10.5 Å². The predicted octanol–water partition coefficient (Wildman–Crippen LogP) is 1.69. The first kappa shape index (κ1) is 13.1. The van der Waals surface area contributed by atoms with Crippen molar-refractivity contribution < 1.29 is 14.4 Å². The number of carbonyl (C=O) groups is 1. The van der Waals surface area contributed by atoms with E-state index < -0.39 is 6.10 Å². The van der Waals surface area contributed by atoms with Crippen molar-refractivity contribution in [3.8, 4) is 0 Å². The van der Waals surface area contributed by atoms with Gasteiger partial charge in [0, 0.05) is 12.5 Å². The lowest BCUT2D eigenvalue weighted by Crippen LogP contribution is -2.35. The van der Waals surface area contributed by atoms with Gasteiger partial charge in [-0.05, 0) is 18.8 Å². The Kier molecular flexibility index (Phi) is 4.01. The number of hydrogen-bond acceptors (Lipinski definition) is 4. The number of rotatable bonds is 6.